The summed E-state index contributed by atoms with van der Waals surface area (Å²) in [6.07, 6.45) is 1.51. The van der Waals surface area contributed by atoms with Gasteiger partial charge in [-0.1, -0.05) is 0 Å². The zero-order valence-corrected chi connectivity index (χ0v) is 17.6. The van der Waals surface area contributed by atoms with Gasteiger partial charge in [-0.2, -0.15) is 0 Å². The molecule has 164 valence electrons. The number of anilines is 1. The van der Waals surface area contributed by atoms with Crippen LogP contribution in [-0.4, -0.2) is 62.6 Å². The summed E-state index contributed by atoms with van der Waals surface area (Å²) in [5.74, 6) is -0.364. The maximum absolute atomic E-state index is 12.8. The first kappa shape index (κ1) is 20.8. The molecule has 2 aliphatic rings. The molecular weight excluding hydrogens is 400 g/mol. The Balaban J connectivity index is 1.49. The standard InChI is InChI=1S/C22H26N4O5/c1-3-30-21(28)18-19(17-5-4-14-31-17)23-22(24-20(18)27)26-12-10-25(11-13-26)15-6-8-16(29-2)9-7-15/h4-9,14,18-19H,3,10-13H2,1-2H3,(H,23,24,27). The summed E-state index contributed by atoms with van der Waals surface area (Å²) in [5.41, 5.74) is 1.12. The number of methoxy groups -OCH3 is 1. The topological polar surface area (TPSA) is 96.6 Å². The molecule has 9 nitrogen and oxygen atoms in total. The van der Waals surface area contributed by atoms with Gasteiger partial charge in [0, 0.05) is 31.9 Å². The van der Waals surface area contributed by atoms with Gasteiger partial charge >= 0.3 is 5.97 Å². The van der Waals surface area contributed by atoms with Crippen LogP contribution in [0.15, 0.2) is 52.1 Å². The number of piperazine rings is 1. The SMILES string of the molecule is CCOC(=O)C1C(=O)NC(N2CCN(c3ccc(OC)cc3)CC2)=NC1c1ccco1. The molecule has 1 fully saturated rings. The van der Waals surface area contributed by atoms with Crippen LogP contribution in [0, 0.1) is 5.92 Å². The first-order valence-corrected chi connectivity index (χ1v) is 10.3. The molecule has 0 saturated carbocycles. The summed E-state index contributed by atoms with van der Waals surface area (Å²) in [7, 11) is 1.65. The quantitative estimate of drug-likeness (QED) is 0.575. The molecule has 2 unspecified atom stereocenters. The van der Waals surface area contributed by atoms with E-state index in [1.54, 1.807) is 26.2 Å². The van der Waals surface area contributed by atoms with Crippen molar-refractivity contribution < 1.29 is 23.5 Å². The lowest BCUT2D eigenvalue weighted by atomic mass is 9.95. The van der Waals surface area contributed by atoms with E-state index in [4.69, 9.17) is 13.9 Å². The maximum atomic E-state index is 12.8. The number of esters is 1. The van der Waals surface area contributed by atoms with E-state index in [1.807, 2.05) is 29.2 Å². The van der Waals surface area contributed by atoms with E-state index in [1.165, 1.54) is 6.26 Å². The highest BCUT2D eigenvalue weighted by atomic mass is 16.5. The molecule has 3 heterocycles. The fourth-order valence-corrected chi connectivity index (χ4v) is 3.86. The van der Waals surface area contributed by atoms with Crippen LogP contribution in [0.5, 0.6) is 5.75 Å². The number of carbonyl (C=O) groups is 2. The summed E-state index contributed by atoms with van der Waals surface area (Å²) in [6.45, 7) is 4.80. The number of nitrogens with one attached hydrogen (secondary N) is 1. The minimum atomic E-state index is -1.07. The highest BCUT2D eigenvalue weighted by molar-refractivity contribution is 6.08. The Hall–Kier alpha value is -3.49. The number of benzene rings is 1. The zero-order chi connectivity index (χ0) is 21.8. The van der Waals surface area contributed by atoms with Crippen molar-refractivity contribution in [3.8, 4) is 5.75 Å². The number of nitrogens with zero attached hydrogens (tertiary/aromatic N) is 3. The number of amides is 1. The number of ether oxygens (including phenoxy) is 2. The molecule has 0 bridgehead atoms. The third-order valence-electron chi connectivity index (χ3n) is 5.49. The first-order chi connectivity index (χ1) is 15.1. The first-order valence-electron chi connectivity index (χ1n) is 10.3. The molecule has 31 heavy (non-hydrogen) atoms. The molecular formula is C22H26N4O5. The van der Waals surface area contributed by atoms with E-state index in [0.29, 0.717) is 24.8 Å². The Labute approximate surface area is 180 Å². The lowest BCUT2D eigenvalue weighted by Gasteiger charge is -2.39. The van der Waals surface area contributed by atoms with Crippen LogP contribution in [0.1, 0.15) is 18.7 Å². The smallest absolute Gasteiger partial charge is 0.321 e. The van der Waals surface area contributed by atoms with E-state index < -0.39 is 23.8 Å². The Morgan fingerprint density at radius 3 is 2.48 bits per heavy atom. The van der Waals surface area contributed by atoms with E-state index in [-0.39, 0.29) is 6.61 Å². The van der Waals surface area contributed by atoms with Gasteiger partial charge < -0.3 is 23.7 Å². The average molecular weight is 426 g/mol. The third kappa shape index (κ3) is 4.35. The molecule has 4 rings (SSSR count). The van der Waals surface area contributed by atoms with Crippen molar-refractivity contribution in [3.05, 3.63) is 48.4 Å². The summed E-state index contributed by atoms with van der Waals surface area (Å²) < 4.78 is 15.8. The normalized spacial score (nSPS) is 21.4. The molecule has 1 aromatic heterocycles. The second kappa shape index (κ2) is 9.11. The molecule has 1 N–H and O–H groups in total. The van der Waals surface area contributed by atoms with Crippen molar-refractivity contribution >= 4 is 23.5 Å². The van der Waals surface area contributed by atoms with Crippen molar-refractivity contribution in [2.45, 2.75) is 13.0 Å². The van der Waals surface area contributed by atoms with Crippen molar-refractivity contribution in [2.75, 3.05) is 44.8 Å². The maximum Gasteiger partial charge on any atom is 0.321 e. The van der Waals surface area contributed by atoms with Crippen molar-refractivity contribution in [1.82, 2.24) is 10.2 Å². The molecule has 2 aliphatic heterocycles. The highest BCUT2D eigenvalue weighted by Gasteiger charge is 2.43. The predicted octanol–water partition coefficient (Wildman–Crippen LogP) is 1.82. The molecule has 2 aromatic rings. The molecule has 1 amide bonds. The number of aliphatic imine (C=N–C) groups is 1. The van der Waals surface area contributed by atoms with E-state index in [2.05, 4.69) is 15.2 Å². The van der Waals surface area contributed by atoms with Gasteiger partial charge in [-0.05, 0) is 43.3 Å². The highest BCUT2D eigenvalue weighted by Crippen LogP contribution is 2.31. The fraction of sp³-hybridized carbons (Fsp3) is 0.409. The summed E-state index contributed by atoms with van der Waals surface area (Å²) in [6, 6.07) is 10.6. The van der Waals surface area contributed by atoms with Crippen molar-refractivity contribution in [3.63, 3.8) is 0 Å². The Bertz CT molecular complexity index is 933. The van der Waals surface area contributed by atoms with Gasteiger partial charge in [0.1, 0.15) is 17.6 Å². The van der Waals surface area contributed by atoms with Crippen LogP contribution in [0.3, 0.4) is 0 Å². The number of rotatable bonds is 5. The van der Waals surface area contributed by atoms with Gasteiger partial charge in [0.05, 0.1) is 20.0 Å². The number of furan rings is 1. The van der Waals surface area contributed by atoms with Crippen molar-refractivity contribution in [2.24, 2.45) is 10.9 Å². The lowest BCUT2D eigenvalue weighted by molar-refractivity contribution is -0.153. The van der Waals surface area contributed by atoms with Gasteiger partial charge in [-0.3, -0.25) is 14.9 Å². The van der Waals surface area contributed by atoms with E-state index in [9.17, 15) is 9.59 Å². The second-order valence-corrected chi connectivity index (χ2v) is 7.30. The van der Waals surface area contributed by atoms with Crippen molar-refractivity contribution in [1.29, 1.82) is 0 Å². The monoisotopic (exact) mass is 426 g/mol. The Kier molecular flexibility index (Phi) is 6.11. The second-order valence-electron chi connectivity index (χ2n) is 7.30. The predicted molar refractivity (Wildman–Crippen MR) is 114 cm³/mol. The minimum absolute atomic E-state index is 0.192. The summed E-state index contributed by atoms with van der Waals surface area (Å²) >= 11 is 0. The minimum Gasteiger partial charge on any atom is -0.497 e. The molecule has 0 radical (unpaired) electrons. The summed E-state index contributed by atoms with van der Waals surface area (Å²) in [4.78, 5) is 34.2. The largest absolute Gasteiger partial charge is 0.497 e. The fourth-order valence-electron chi connectivity index (χ4n) is 3.86. The Morgan fingerprint density at radius 2 is 1.87 bits per heavy atom. The number of carbonyl (C=O) groups excluding carboxylic acids is 2. The lowest BCUT2D eigenvalue weighted by Crippen LogP contribution is -2.57. The molecule has 9 heteroatoms. The molecule has 0 spiro atoms. The van der Waals surface area contributed by atoms with Gasteiger partial charge in [0.15, 0.2) is 5.92 Å². The van der Waals surface area contributed by atoms with Crippen LogP contribution in [0.4, 0.5) is 5.69 Å². The van der Waals surface area contributed by atoms with E-state index in [0.717, 1.165) is 24.5 Å². The van der Waals surface area contributed by atoms with Gasteiger partial charge in [0.25, 0.3) is 0 Å². The van der Waals surface area contributed by atoms with Gasteiger partial charge in [0.2, 0.25) is 11.9 Å². The molecule has 0 aliphatic carbocycles. The number of guanidine groups is 1. The molecule has 1 saturated heterocycles. The zero-order valence-electron chi connectivity index (χ0n) is 17.6. The van der Waals surface area contributed by atoms with Crippen LogP contribution in [-0.2, 0) is 14.3 Å². The van der Waals surface area contributed by atoms with Gasteiger partial charge in [-0.25, -0.2) is 4.99 Å². The van der Waals surface area contributed by atoms with Crippen LogP contribution < -0.4 is 15.0 Å². The van der Waals surface area contributed by atoms with Crippen LogP contribution >= 0.6 is 0 Å². The van der Waals surface area contributed by atoms with Gasteiger partial charge in [-0.15, -0.1) is 0 Å². The molecule has 2 atom stereocenters. The summed E-state index contributed by atoms with van der Waals surface area (Å²) in [5, 5.41) is 2.80. The average Bonchev–Trinajstić information content (AvgIpc) is 3.34. The molecule has 1 aromatic carbocycles. The Morgan fingerprint density at radius 1 is 1.16 bits per heavy atom. The van der Waals surface area contributed by atoms with E-state index >= 15 is 0 Å². The number of hydrogen-bond donors (Lipinski definition) is 1. The number of hydrogen-bond acceptors (Lipinski definition) is 8. The van der Waals surface area contributed by atoms with Crippen LogP contribution in [0.2, 0.25) is 0 Å². The van der Waals surface area contributed by atoms with Crippen LogP contribution in [0.25, 0.3) is 0 Å². The third-order valence-corrected chi connectivity index (χ3v) is 5.49.